The summed E-state index contributed by atoms with van der Waals surface area (Å²) < 4.78 is 2.06. The summed E-state index contributed by atoms with van der Waals surface area (Å²) in [4.78, 5) is 49.1. The van der Waals surface area contributed by atoms with Gasteiger partial charge in [-0.1, -0.05) is 51.0 Å². The van der Waals surface area contributed by atoms with Crippen molar-refractivity contribution < 1.29 is 19.5 Å². The number of carboxylic acid groups (broad SMARTS) is 1. The first-order valence-electron chi connectivity index (χ1n) is 18.4. The monoisotopic (exact) mass is 667 g/mol. The molecule has 0 aliphatic carbocycles. The highest BCUT2D eigenvalue weighted by molar-refractivity contribution is 6.03. The van der Waals surface area contributed by atoms with Gasteiger partial charge in [-0.15, -0.1) is 0 Å². The van der Waals surface area contributed by atoms with Crippen molar-refractivity contribution in [2.75, 3.05) is 39.3 Å². The zero-order valence-electron chi connectivity index (χ0n) is 29.8. The molecule has 262 valence electrons. The van der Waals surface area contributed by atoms with Gasteiger partial charge >= 0.3 is 6.09 Å². The van der Waals surface area contributed by atoms with E-state index in [1.807, 2.05) is 37.1 Å². The van der Waals surface area contributed by atoms with Crippen LogP contribution >= 0.6 is 0 Å². The van der Waals surface area contributed by atoms with Crippen molar-refractivity contribution in [2.24, 2.45) is 7.05 Å². The minimum absolute atomic E-state index is 0.0258. The molecule has 1 aromatic heterocycles. The molecule has 9 nitrogen and oxygen atoms in total. The van der Waals surface area contributed by atoms with E-state index in [9.17, 15) is 14.7 Å². The fraction of sp³-hybridized carbons (Fsp3) is 0.525. The Bertz CT molecular complexity index is 1680. The van der Waals surface area contributed by atoms with Gasteiger partial charge in [0, 0.05) is 74.9 Å². The van der Waals surface area contributed by atoms with Crippen LogP contribution in [0.25, 0.3) is 11.3 Å². The Morgan fingerprint density at radius 2 is 1.55 bits per heavy atom. The third kappa shape index (κ3) is 7.28. The fourth-order valence-electron chi connectivity index (χ4n) is 7.93. The first-order chi connectivity index (χ1) is 23.7. The molecule has 3 aliphatic heterocycles. The molecule has 0 radical (unpaired) electrons. The minimum Gasteiger partial charge on any atom is -0.465 e. The maximum atomic E-state index is 15.1. The highest BCUT2D eigenvalue weighted by Gasteiger charge is 2.35. The topological polar surface area (TPSA) is 89.3 Å². The number of nitrogens with zero attached hydrogens (tertiary/aromatic N) is 5. The van der Waals surface area contributed by atoms with E-state index in [0.717, 1.165) is 92.9 Å². The molecule has 6 rings (SSSR count). The Hall–Kier alpha value is -4.11. The van der Waals surface area contributed by atoms with Crippen LogP contribution < -0.4 is 0 Å². The summed E-state index contributed by atoms with van der Waals surface area (Å²) in [6.07, 6.45) is 6.78. The molecule has 0 unspecified atom stereocenters. The predicted octanol–water partition coefficient (Wildman–Crippen LogP) is 6.74. The molecule has 49 heavy (non-hydrogen) atoms. The fourth-order valence-corrected chi connectivity index (χ4v) is 7.93. The summed E-state index contributed by atoms with van der Waals surface area (Å²) in [5, 5.41) is 9.82. The number of unbranched alkanes of at least 4 members (excludes halogenated alkanes) is 2. The van der Waals surface area contributed by atoms with Crippen LogP contribution in [-0.4, -0.2) is 92.5 Å². The summed E-state index contributed by atoms with van der Waals surface area (Å²) in [5.41, 5.74) is 8.19. The number of benzene rings is 2. The van der Waals surface area contributed by atoms with Crippen LogP contribution in [0, 0.1) is 6.92 Å². The Morgan fingerprint density at radius 3 is 2.22 bits per heavy atom. The van der Waals surface area contributed by atoms with Gasteiger partial charge in [-0.2, -0.15) is 0 Å². The molecular weight excluding hydrogens is 614 g/mol. The minimum atomic E-state index is -0.946. The highest BCUT2D eigenvalue weighted by Crippen LogP contribution is 2.36. The molecule has 0 spiro atoms. The van der Waals surface area contributed by atoms with Gasteiger partial charge in [0.2, 0.25) is 0 Å². The molecule has 1 atom stereocenters. The highest BCUT2D eigenvalue weighted by atomic mass is 16.4. The second kappa shape index (κ2) is 15.2. The molecule has 1 N–H and O–H groups in total. The van der Waals surface area contributed by atoms with Crippen molar-refractivity contribution in [2.45, 2.75) is 91.3 Å². The van der Waals surface area contributed by atoms with Gasteiger partial charge in [0.1, 0.15) is 0 Å². The standard InChI is InChI=1S/C40H53N5O4/c1-5-7-18-43(19-8-6-2)38(46)34-24-37(41(4)28(34)3)35-22-30-15-20-44(40(48)49)25-32(30)23-36(35)39(47)45-26-31-14-10-9-13-29(31)21-33(45)27-42-16-11-12-17-42/h9-10,13-14,22-24,33H,5-8,11-12,15-21,25-27H2,1-4H3,(H,48,49)/t33-/m0/s1. The molecule has 3 amide bonds. The number of carbonyl (C=O) groups is 3. The average molecular weight is 668 g/mol. The van der Waals surface area contributed by atoms with Crippen LogP contribution in [0.4, 0.5) is 4.79 Å². The largest absolute Gasteiger partial charge is 0.465 e. The third-order valence-electron chi connectivity index (χ3n) is 11.0. The van der Waals surface area contributed by atoms with E-state index in [1.165, 1.54) is 28.9 Å². The van der Waals surface area contributed by atoms with Crippen molar-refractivity contribution in [3.63, 3.8) is 0 Å². The van der Waals surface area contributed by atoms with E-state index >= 15 is 4.79 Å². The van der Waals surface area contributed by atoms with Crippen LogP contribution in [0.1, 0.15) is 101 Å². The number of aromatic nitrogens is 1. The van der Waals surface area contributed by atoms with Gasteiger partial charge in [0.15, 0.2) is 0 Å². The number of rotatable bonds is 11. The van der Waals surface area contributed by atoms with Crippen molar-refractivity contribution in [1.82, 2.24) is 24.2 Å². The summed E-state index contributed by atoms with van der Waals surface area (Å²) in [7, 11) is 1.98. The molecule has 4 heterocycles. The quantitative estimate of drug-likeness (QED) is 0.245. The SMILES string of the molecule is CCCCN(CCCC)C(=O)c1cc(-c2cc3c(cc2C(=O)N2Cc4ccccc4C[C@H]2CN2CCCC2)CN(C(=O)O)CC3)n(C)c1C. The van der Waals surface area contributed by atoms with E-state index in [-0.39, 0.29) is 24.4 Å². The Kier molecular flexibility index (Phi) is 10.8. The Balaban J connectivity index is 1.43. The maximum Gasteiger partial charge on any atom is 0.407 e. The summed E-state index contributed by atoms with van der Waals surface area (Å²) >= 11 is 0. The second-order valence-corrected chi connectivity index (χ2v) is 14.3. The van der Waals surface area contributed by atoms with Crippen molar-refractivity contribution in [3.8, 4) is 11.3 Å². The van der Waals surface area contributed by atoms with Crippen molar-refractivity contribution in [3.05, 3.63) is 81.5 Å². The van der Waals surface area contributed by atoms with Gasteiger partial charge in [0.05, 0.1) is 5.56 Å². The summed E-state index contributed by atoms with van der Waals surface area (Å²) in [6.45, 7) is 11.9. The number of hydrogen-bond donors (Lipinski definition) is 1. The van der Waals surface area contributed by atoms with Crippen LogP contribution in [0.15, 0.2) is 42.5 Å². The number of fused-ring (bicyclic) bond motifs is 2. The molecule has 9 heteroatoms. The van der Waals surface area contributed by atoms with Crippen LogP contribution in [0.5, 0.6) is 0 Å². The van der Waals surface area contributed by atoms with Crippen molar-refractivity contribution in [1.29, 1.82) is 0 Å². The van der Waals surface area contributed by atoms with Crippen LogP contribution in [0.2, 0.25) is 0 Å². The third-order valence-corrected chi connectivity index (χ3v) is 11.0. The maximum absolute atomic E-state index is 15.1. The molecule has 3 aliphatic rings. The van der Waals surface area contributed by atoms with Gasteiger partial charge < -0.3 is 29.3 Å². The molecule has 1 fully saturated rings. The number of likely N-dealkylation sites (tertiary alicyclic amines) is 1. The van der Waals surface area contributed by atoms with Gasteiger partial charge in [-0.05, 0) is 99.0 Å². The predicted molar refractivity (Wildman–Crippen MR) is 193 cm³/mol. The van der Waals surface area contributed by atoms with Crippen LogP contribution in [-0.2, 0) is 33.0 Å². The van der Waals surface area contributed by atoms with E-state index < -0.39 is 6.09 Å². The molecule has 0 saturated carbocycles. The molecule has 2 aromatic carbocycles. The molecule has 1 saturated heterocycles. The van der Waals surface area contributed by atoms with E-state index in [1.54, 1.807) is 0 Å². The molecule has 0 bridgehead atoms. The Morgan fingerprint density at radius 1 is 0.857 bits per heavy atom. The first-order valence-corrected chi connectivity index (χ1v) is 18.4. The number of carbonyl (C=O) groups excluding carboxylic acids is 2. The smallest absolute Gasteiger partial charge is 0.407 e. The first kappa shape index (κ1) is 34.7. The lowest BCUT2D eigenvalue weighted by atomic mass is 9.89. The van der Waals surface area contributed by atoms with E-state index in [2.05, 4.69) is 52.5 Å². The van der Waals surface area contributed by atoms with E-state index in [4.69, 9.17) is 0 Å². The second-order valence-electron chi connectivity index (χ2n) is 14.3. The van der Waals surface area contributed by atoms with Gasteiger partial charge in [0.25, 0.3) is 11.8 Å². The average Bonchev–Trinajstić information content (AvgIpc) is 3.73. The van der Waals surface area contributed by atoms with Gasteiger partial charge in [-0.25, -0.2) is 4.79 Å². The number of amides is 3. The lowest BCUT2D eigenvalue weighted by Crippen LogP contribution is -2.49. The summed E-state index contributed by atoms with van der Waals surface area (Å²) in [6, 6.07) is 14.5. The lowest BCUT2D eigenvalue weighted by molar-refractivity contribution is 0.0594. The zero-order valence-corrected chi connectivity index (χ0v) is 29.8. The molecule has 3 aromatic rings. The summed E-state index contributed by atoms with van der Waals surface area (Å²) in [5.74, 6) is 0.00528. The van der Waals surface area contributed by atoms with E-state index in [0.29, 0.717) is 30.6 Å². The lowest BCUT2D eigenvalue weighted by Gasteiger charge is -2.39. The Labute approximate surface area is 291 Å². The normalized spacial score (nSPS) is 17.6. The van der Waals surface area contributed by atoms with Gasteiger partial charge in [-0.3, -0.25) is 9.59 Å². The number of hydrogen-bond acceptors (Lipinski definition) is 4. The molecular formula is C40H53N5O4. The van der Waals surface area contributed by atoms with Crippen LogP contribution in [0.3, 0.4) is 0 Å². The van der Waals surface area contributed by atoms with Crippen molar-refractivity contribution >= 4 is 17.9 Å². The zero-order chi connectivity index (χ0) is 34.7.